The largest absolute Gasteiger partial charge is 0.364 e. The van der Waals surface area contributed by atoms with Crippen molar-refractivity contribution in [1.82, 2.24) is 10.3 Å². The van der Waals surface area contributed by atoms with Crippen LogP contribution in [0.1, 0.15) is 16.2 Å². The van der Waals surface area contributed by atoms with Gasteiger partial charge in [0.1, 0.15) is 12.0 Å². The van der Waals surface area contributed by atoms with Gasteiger partial charge in [-0.05, 0) is 6.92 Å². The molecule has 0 fully saturated rings. The molecule has 0 aliphatic heterocycles. The van der Waals surface area contributed by atoms with E-state index in [-0.39, 0.29) is 11.6 Å². The van der Waals surface area contributed by atoms with Crippen molar-refractivity contribution in [2.45, 2.75) is 6.92 Å². The lowest BCUT2D eigenvalue weighted by atomic mass is 10.4. The Hall–Kier alpha value is -2.11. The SMILES string of the molecule is Cc1cc(NC(=O)c2ccon2)no1. The first-order valence-corrected chi connectivity index (χ1v) is 3.91. The third-order valence-corrected chi connectivity index (χ3v) is 1.54. The van der Waals surface area contributed by atoms with Gasteiger partial charge in [0, 0.05) is 12.1 Å². The van der Waals surface area contributed by atoms with E-state index in [0.29, 0.717) is 11.6 Å². The number of hydrogen-bond acceptors (Lipinski definition) is 5. The van der Waals surface area contributed by atoms with E-state index < -0.39 is 0 Å². The average Bonchev–Trinajstić information content (AvgIpc) is 2.75. The molecule has 2 heterocycles. The molecule has 14 heavy (non-hydrogen) atoms. The summed E-state index contributed by atoms with van der Waals surface area (Å²) in [4.78, 5) is 11.4. The van der Waals surface area contributed by atoms with E-state index in [1.54, 1.807) is 13.0 Å². The molecule has 0 spiro atoms. The molecule has 0 saturated carbocycles. The predicted molar refractivity (Wildman–Crippen MR) is 45.7 cm³/mol. The fourth-order valence-electron chi connectivity index (χ4n) is 0.935. The van der Waals surface area contributed by atoms with E-state index in [9.17, 15) is 4.79 Å². The highest BCUT2D eigenvalue weighted by atomic mass is 16.5. The summed E-state index contributed by atoms with van der Waals surface area (Å²) in [7, 11) is 0. The minimum Gasteiger partial charge on any atom is -0.364 e. The lowest BCUT2D eigenvalue weighted by Crippen LogP contribution is -2.12. The van der Waals surface area contributed by atoms with Crippen LogP contribution in [0.15, 0.2) is 27.4 Å². The van der Waals surface area contributed by atoms with Crippen LogP contribution in [0.25, 0.3) is 0 Å². The van der Waals surface area contributed by atoms with Gasteiger partial charge < -0.3 is 14.4 Å². The molecule has 6 nitrogen and oxygen atoms in total. The van der Waals surface area contributed by atoms with E-state index in [1.165, 1.54) is 12.3 Å². The number of carbonyl (C=O) groups is 1. The number of hydrogen-bond donors (Lipinski definition) is 1. The molecule has 1 amide bonds. The Balaban J connectivity index is 2.09. The summed E-state index contributed by atoms with van der Waals surface area (Å²) in [5, 5.41) is 9.57. The Morgan fingerprint density at radius 2 is 2.36 bits per heavy atom. The van der Waals surface area contributed by atoms with E-state index >= 15 is 0 Å². The van der Waals surface area contributed by atoms with Gasteiger partial charge in [0.25, 0.3) is 5.91 Å². The van der Waals surface area contributed by atoms with Crippen LogP contribution in [-0.2, 0) is 0 Å². The molecule has 0 unspecified atom stereocenters. The summed E-state index contributed by atoms with van der Waals surface area (Å²) in [5.74, 6) is 0.600. The van der Waals surface area contributed by atoms with Crippen molar-refractivity contribution in [2.75, 3.05) is 5.32 Å². The second-order valence-electron chi connectivity index (χ2n) is 2.66. The number of anilines is 1. The van der Waals surface area contributed by atoms with Gasteiger partial charge >= 0.3 is 0 Å². The fraction of sp³-hybridized carbons (Fsp3) is 0.125. The number of aromatic nitrogens is 2. The quantitative estimate of drug-likeness (QED) is 0.775. The summed E-state index contributed by atoms with van der Waals surface area (Å²) < 4.78 is 9.30. The Morgan fingerprint density at radius 1 is 1.50 bits per heavy atom. The minimum absolute atomic E-state index is 0.200. The molecule has 0 aromatic carbocycles. The van der Waals surface area contributed by atoms with Gasteiger partial charge in [-0.1, -0.05) is 10.3 Å². The molecule has 72 valence electrons. The first kappa shape index (κ1) is 8.49. The van der Waals surface area contributed by atoms with Crippen molar-refractivity contribution < 1.29 is 13.8 Å². The molecule has 0 saturated heterocycles. The zero-order valence-electron chi connectivity index (χ0n) is 7.35. The number of amides is 1. The topological polar surface area (TPSA) is 81.2 Å². The van der Waals surface area contributed by atoms with Crippen molar-refractivity contribution >= 4 is 11.7 Å². The van der Waals surface area contributed by atoms with Crippen molar-refractivity contribution in [3.8, 4) is 0 Å². The predicted octanol–water partition coefficient (Wildman–Crippen LogP) is 1.22. The van der Waals surface area contributed by atoms with E-state index in [4.69, 9.17) is 4.52 Å². The number of aryl methyl sites for hydroxylation is 1. The van der Waals surface area contributed by atoms with Gasteiger partial charge in [-0.15, -0.1) is 0 Å². The van der Waals surface area contributed by atoms with Crippen LogP contribution in [0.3, 0.4) is 0 Å². The third kappa shape index (κ3) is 1.63. The maximum Gasteiger partial charge on any atom is 0.279 e. The molecular weight excluding hydrogens is 186 g/mol. The molecule has 0 radical (unpaired) electrons. The summed E-state index contributed by atoms with van der Waals surface area (Å²) in [6.45, 7) is 1.73. The van der Waals surface area contributed by atoms with Crippen LogP contribution in [0.4, 0.5) is 5.82 Å². The summed E-state index contributed by atoms with van der Waals surface area (Å²) in [6.07, 6.45) is 1.32. The molecule has 6 heteroatoms. The smallest absolute Gasteiger partial charge is 0.279 e. The van der Waals surface area contributed by atoms with Crippen LogP contribution < -0.4 is 5.32 Å². The van der Waals surface area contributed by atoms with Crippen molar-refractivity contribution in [1.29, 1.82) is 0 Å². The highest BCUT2D eigenvalue weighted by molar-refractivity contribution is 6.02. The average molecular weight is 193 g/mol. The first-order valence-electron chi connectivity index (χ1n) is 3.91. The van der Waals surface area contributed by atoms with Gasteiger partial charge in [0.05, 0.1) is 0 Å². The van der Waals surface area contributed by atoms with Crippen LogP contribution >= 0.6 is 0 Å². The fourth-order valence-corrected chi connectivity index (χ4v) is 0.935. The standard InChI is InChI=1S/C8H7N3O3/c1-5-4-7(11-14-5)9-8(12)6-2-3-13-10-6/h2-4H,1H3,(H,9,11,12). The molecule has 1 N–H and O–H groups in total. The molecule has 0 bridgehead atoms. The number of rotatable bonds is 2. The Morgan fingerprint density at radius 3 is 2.93 bits per heavy atom. The zero-order chi connectivity index (χ0) is 9.97. The summed E-state index contributed by atoms with van der Waals surface area (Å²) in [6, 6.07) is 3.07. The Kier molecular flexibility index (Phi) is 2.02. The van der Waals surface area contributed by atoms with Crippen LogP contribution in [0.5, 0.6) is 0 Å². The normalized spacial score (nSPS) is 10.1. The van der Waals surface area contributed by atoms with Crippen LogP contribution in [0, 0.1) is 6.92 Å². The molecule has 2 rings (SSSR count). The molecule has 0 aliphatic rings. The second kappa shape index (κ2) is 3.33. The maximum atomic E-state index is 11.4. The van der Waals surface area contributed by atoms with Gasteiger partial charge in [-0.3, -0.25) is 4.79 Å². The lowest BCUT2D eigenvalue weighted by Gasteiger charge is -1.94. The highest BCUT2D eigenvalue weighted by Crippen LogP contribution is 2.08. The molecular formula is C8H7N3O3. The first-order chi connectivity index (χ1) is 6.75. The monoisotopic (exact) mass is 193 g/mol. The zero-order valence-corrected chi connectivity index (χ0v) is 7.35. The van der Waals surface area contributed by atoms with Gasteiger partial charge in [0.2, 0.25) is 0 Å². The van der Waals surface area contributed by atoms with Crippen LogP contribution in [-0.4, -0.2) is 16.2 Å². The van der Waals surface area contributed by atoms with E-state index in [0.717, 1.165) is 0 Å². The Bertz CT molecular complexity index is 432. The maximum absolute atomic E-state index is 11.4. The third-order valence-electron chi connectivity index (χ3n) is 1.54. The summed E-state index contributed by atoms with van der Waals surface area (Å²) in [5.41, 5.74) is 0.200. The molecule has 0 atom stereocenters. The van der Waals surface area contributed by atoms with Crippen molar-refractivity contribution in [3.63, 3.8) is 0 Å². The van der Waals surface area contributed by atoms with Gasteiger partial charge in [-0.25, -0.2) is 0 Å². The van der Waals surface area contributed by atoms with Crippen molar-refractivity contribution in [3.05, 3.63) is 29.9 Å². The second-order valence-corrected chi connectivity index (χ2v) is 2.66. The van der Waals surface area contributed by atoms with E-state index in [1.807, 2.05) is 0 Å². The molecule has 2 aromatic heterocycles. The number of nitrogens with zero attached hydrogens (tertiary/aromatic N) is 2. The van der Waals surface area contributed by atoms with Gasteiger partial charge in [0.15, 0.2) is 11.5 Å². The number of nitrogens with one attached hydrogen (secondary N) is 1. The Labute approximate surface area is 78.9 Å². The van der Waals surface area contributed by atoms with E-state index in [2.05, 4.69) is 20.2 Å². The summed E-state index contributed by atoms with van der Waals surface area (Å²) >= 11 is 0. The number of carbonyl (C=O) groups excluding carboxylic acids is 1. The highest BCUT2D eigenvalue weighted by Gasteiger charge is 2.10. The van der Waals surface area contributed by atoms with Crippen molar-refractivity contribution in [2.24, 2.45) is 0 Å². The molecule has 2 aromatic rings. The minimum atomic E-state index is -0.382. The van der Waals surface area contributed by atoms with Gasteiger partial charge in [-0.2, -0.15) is 0 Å². The lowest BCUT2D eigenvalue weighted by molar-refractivity contribution is 0.101. The molecule has 0 aliphatic carbocycles. The van der Waals surface area contributed by atoms with Crippen LogP contribution in [0.2, 0.25) is 0 Å².